The summed E-state index contributed by atoms with van der Waals surface area (Å²) >= 11 is 0. The molecule has 1 aliphatic heterocycles. The molecule has 2 atom stereocenters. The first-order chi connectivity index (χ1) is 12.1. The van der Waals surface area contributed by atoms with Crippen LogP contribution >= 0.6 is 0 Å². The molecule has 1 saturated heterocycles. The summed E-state index contributed by atoms with van der Waals surface area (Å²) in [4.78, 5) is 23.7. The first kappa shape index (κ1) is 18.8. The highest BCUT2D eigenvalue weighted by Gasteiger charge is 2.51. The molecule has 2 fully saturated rings. The van der Waals surface area contributed by atoms with Crippen LogP contribution in [0.3, 0.4) is 0 Å². The van der Waals surface area contributed by atoms with Crippen LogP contribution < -0.4 is 5.32 Å². The second-order valence-corrected chi connectivity index (χ2v) is 9.58. The van der Waals surface area contributed by atoms with Gasteiger partial charge in [0.15, 0.2) is 0 Å². The molecule has 2 aliphatic rings. The Morgan fingerprint density at radius 3 is 2.35 bits per heavy atom. The summed E-state index contributed by atoms with van der Waals surface area (Å²) in [5.41, 5.74) is -1.05. The SMILES string of the molecule is CC1CC(C)CN(S(=O)(=O)c2cccc(C(=O)NC3(C(=O)O)CC3)c2)C1. The van der Waals surface area contributed by atoms with Gasteiger partial charge in [-0.15, -0.1) is 0 Å². The molecule has 3 rings (SSSR count). The molecule has 1 heterocycles. The summed E-state index contributed by atoms with van der Waals surface area (Å²) in [6.45, 7) is 4.99. The van der Waals surface area contributed by atoms with E-state index in [0.29, 0.717) is 25.9 Å². The fourth-order valence-electron chi connectivity index (χ4n) is 3.56. The van der Waals surface area contributed by atoms with Crippen molar-refractivity contribution in [3.8, 4) is 0 Å². The number of hydrogen-bond acceptors (Lipinski definition) is 4. The lowest BCUT2D eigenvalue weighted by molar-refractivity contribution is -0.140. The van der Waals surface area contributed by atoms with E-state index in [4.69, 9.17) is 0 Å². The number of carbonyl (C=O) groups excluding carboxylic acids is 1. The van der Waals surface area contributed by atoms with Crippen LogP contribution in [0.2, 0.25) is 0 Å². The molecule has 1 aromatic rings. The quantitative estimate of drug-likeness (QED) is 0.809. The van der Waals surface area contributed by atoms with Gasteiger partial charge in [-0.3, -0.25) is 4.79 Å². The minimum atomic E-state index is -3.69. The first-order valence-electron chi connectivity index (χ1n) is 8.80. The number of rotatable bonds is 5. The number of benzene rings is 1. The summed E-state index contributed by atoms with van der Waals surface area (Å²) in [7, 11) is -3.69. The lowest BCUT2D eigenvalue weighted by atomic mass is 9.94. The minimum absolute atomic E-state index is 0.0617. The molecular formula is C18H24N2O5S. The fourth-order valence-corrected chi connectivity index (χ4v) is 5.28. The molecule has 26 heavy (non-hydrogen) atoms. The third kappa shape index (κ3) is 3.61. The summed E-state index contributed by atoms with van der Waals surface area (Å²) in [5, 5.41) is 11.7. The Bertz CT molecular complexity index is 822. The van der Waals surface area contributed by atoms with Crippen LogP contribution in [0.1, 0.15) is 43.5 Å². The fraction of sp³-hybridized carbons (Fsp3) is 0.556. The maximum absolute atomic E-state index is 13.0. The molecule has 142 valence electrons. The Balaban J connectivity index is 1.82. The van der Waals surface area contributed by atoms with E-state index in [1.54, 1.807) is 0 Å². The standard InChI is InChI=1S/C18H24N2O5S/c1-12-8-13(2)11-20(10-12)26(24,25)15-5-3-4-14(9-15)16(21)19-18(6-7-18)17(22)23/h3-5,9,12-13H,6-8,10-11H2,1-2H3,(H,19,21)(H,22,23). The summed E-state index contributed by atoms with van der Waals surface area (Å²) < 4.78 is 27.4. The van der Waals surface area contributed by atoms with E-state index in [0.717, 1.165) is 6.42 Å². The van der Waals surface area contributed by atoms with E-state index in [-0.39, 0.29) is 22.3 Å². The lowest BCUT2D eigenvalue weighted by Crippen LogP contribution is -2.43. The van der Waals surface area contributed by atoms with E-state index in [9.17, 15) is 23.1 Å². The van der Waals surface area contributed by atoms with Crippen molar-refractivity contribution in [3.05, 3.63) is 29.8 Å². The molecule has 7 nitrogen and oxygen atoms in total. The Labute approximate surface area is 153 Å². The minimum Gasteiger partial charge on any atom is -0.480 e. The number of aliphatic carboxylic acids is 1. The largest absolute Gasteiger partial charge is 0.480 e. The van der Waals surface area contributed by atoms with E-state index in [1.165, 1.54) is 28.6 Å². The van der Waals surface area contributed by atoms with Crippen LogP contribution in [0, 0.1) is 11.8 Å². The van der Waals surface area contributed by atoms with Gasteiger partial charge in [-0.1, -0.05) is 19.9 Å². The number of nitrogens with one attached hydrogen (secondary N) is 1. The molecule has 2 N–H and O–H groups in total. The molecule has 0 radical (unpaired) electrons. The van der Waals surface area contributed by atoms with Crippen LogP contribution in [-0.2, 0) is 14.8 Å². The zero-order chi connectivity index (χ0) is 19.1. The smallest absolute Gasteiger partial charge is 0.329 e. The van der Waals surface area contributed by atoms with E-state index < -0.39 is 27.4 Å². The van der Waals surface area contributed by atoms with Crippen molar-refractivity contribution in [1.82, 2.24) is 9.62 Å². The topological polar surface area (TPSA) is 104 Å². The van der Waals surface area contributed by atoms with Crippen LogP contribution in [0.15, 0.2) is 29.2 Å². The molecule has 0 bridgehead atoms. The monoisotopic (exact) mass is 380 g/mol. The van der Waals surface area contributed by atoms with Gasteiger partial charge in [-0.2, -0.15) is 4.31 Å². The molecule has 1 amide bonds. The number of hydrogen-bond donors (Lipinski definition) is 2. The highest BCUT2D eigenvalue weighted by molar-refractivity contribution is 7.89. The normalized spacial score (nSPS) is 25.5. The van der Waals surface area contributed by atoms with Crippen molar-refractivity contribution in [2.45, 2.75) is 43.5 Å². The third-order valence-electron chi connectivity index (χ3n) is 5.08. The highest BCUT2D eigenvalue weighted by atomic mass is 32.2. The van der Waals surface area contributed by atoms with E-state index in [2.05, 4.69) is 5.32 Å². The van der Waals surface area contributed by atoms with Crippen LogP contribution in [-0.4, -0.2) is 48.3 Å². The molecule has 1 aromatic carbocycles. The van der Waals surface area contributed by atoms with Gasteiger partial charge < -0.3 is 10.4 Å². The zero-order valence-electron chi connectivity index (χ0n) is 14.9. The zero-order valence-corrected chi connectivity index (χ0v) is 15.8. The number of piperidine rings is 1. The average Bonchev–Trinajstić information content (AvgIpc) is 3.35. The average molecular weight is 380 g/mol. The van der Waals surface area contributed by atoms with Gasteiger partial charge in [0.25, 0.3) is 5.91 Å². The second kappa shape index (κ2) is 6.66. The lowest BCUT2D eigenvalue weighted by Gasteiger charge is -2.34. The predicted octanol–water partition coefficient (Wildman–Crippen LogP) is 1.70. The number of nitrogens with zero attached hydrogens (tertiary/aromatic N) is 1. The number of carboxylic acid groups (broad SMARTS) is 1. The van der Waals surface area contributed by atoms with Gasteiger partial charge in [0.2, 0.25) is 10.0 Å². The molecule has 8 heteroatoms. The molecular weight excluding hydrogens is 356 g/mol. The Morgan fingerprint density at radius 2 is 1.81 bits per heavy atom. The van der Waals surface area contributed by atoms with Crippen molar-refractivity contribution >= 4 is 21.9 Å². The van der Waals surface area contributed by atoms with Crippen LogP contribution in [0.5, 0.6) is 0 Å². The Kier molecular flexibility index (Phi) is 4.83. The molecule has 0 aromatic heterocycles. The van der Waals surface area contributed by atoms with E-state index in [1.807, 2.05) is 13.8 Å². The van der Waals surface area contributed by atoms with Crippen LogP contribution in [0.4, 0.5) is 0 Å². The number of amides is 1. The summed E-state index contributed by atoms with van der Waals surface area (Å²) in [5.74, 6) is -1.07. The summed E-state index contributed by atoms with van der Waals surface area (Å²) in [6.07, 6.45) is 1.76. The van der Waals surface area contributed by atoms with Crippen molar-refractivity contribution in [2.24, 2.45) is 11.8 Å². The summed E-state index contributed by atoms with van der Waals surface area (Å²) in [6, 6.07) is 5.80. The van der Waals surface area contributed by atoms with Crippen LogP contribution in [0.25, 0.3) is 0 Å². The maximum atomic E-state index is 13.0. The molecule has 0 spiro atoms. The first-order valence-corrected chi connectivity index (χ1v) is 10.2. The Hall–Kier alpha value is -1.93. The number of sulfonamides is 1. The third-order valence-corrected chi connectivity index (χ3v) is 6.91. The highest BCUT2D eigenvalue weighted by Crippen LogP contribution is 2.36. The number of carbonyl (C=O) groups is 2. The van der Waals surface area contributed by atoms with Crippen molar-refractivity contribution < 1.29 is 23.1 Å². The van der Waals surface area contributed by atoms with Gasteiger partial charge in [-0.05, 0) is 49.3 Å². The van der Waals surface area contributed by atoms with Gasteiger partial charge in [0.05, 0.1) is 4.90 Å². The van der Waals surface area contributed by atoms with Crippen molar-refractivity contribution in [2.75, 3.05) is 13.1 Å². The van der Waals surface area contributed by atoms with Gasteiger partial charge in [-0.25, -0.2) is 13.2 Å². The predicted molar refractivity (Wildman–Crippen MR) is 95.2 cm³/mol. The van der Waals surface area contributed by atoms with Gasteiger partial charge in [0, 0.05) is 18.7 Å². The van der Waals surface area contributed by atoms with Crippen molar-refractivity contribution in [3.63, 3.8) is 0 Å². The van der Waals surface area contributed by atoms with Crippen molar-refractivity contribution in [1.29, 1.82) is 0 Å². The number of carboxylic acids is 1. The molecule has 1 saturated carbocycles. The van der Waals surface area contributed by atoms with Gasteiger partial charge >= 0.3 is 5.97 Å². The second-order valence-electron chi connectivity index (χ2n) is 7.64. The Morgan fingerprint density at radius 1 is 1.19 bits per heavy atom. The molecule has 1 aliphatic carbocycles. The maximum Gasteiger partial charge on any atom is 0.329 e. The molecule has 2 unspecified atom stereocenters. The van der Waals surface area contributed by atoms with E-state index >= 15 is 0 Å². The van der Waals surface area contributed by atoms with Gasteiger partial charge in [0.1, 0.15) is 5.54 Å².